The smallest absolute Gasteiger partial charge is 0.407 e. The molecule has 4 aliphatic rings. The Morgan fingerprint density at radius 1 is 0.820 bits per heavy atom. The van der Waals surface area contributed by atoms with Gasteiger partial charge in [0.05, 0.1) is 24.0 Å². The maximum atomic E-state index is 14.5. The molecule has 270 valence electrons. The molecule has 50 heavy (non-hydrogen) atoms. The van der Waals surface area contributed by atoms with E-state index in [0.717, 1.165) is 62.5 Å². The fourth-order valence-electron chi connectivity index (χ4n) is 10.7. The molecule has 4 aliphatic carbocycles. The second-order valence-corrected chi connectivity index (χ2v) is 16.1. The first-order chi connectivity index (χ1) is 23.7. The summed E-state index contributed by atoms with van der Waals surface area (Å²) in [6.45, 7) is 9.70. The predicted molar refractivity (Wildman–Crippen MR) is 190 cm³/mol. The van der Waals surface area contributed by atoms with Gasteiger partial charge in [0.2, 0.25) is 17.7 Å². The second kappa shape index (κ2) is 13.3. The van der Waals surface area contributed by atoms with Gasteiger partial charge in [0.1, 0.15) is 11.8 Å². The van der Waals surface area contributed by atoms with Crippen molar-refractivity contribution >= 4 is 29.5 Å². The Kier molecular flexibility index (Phi) is 9.56. The molecule has 0 aromatic heterocycles. The number of rotatable bonds is 7. The summed E-state index contributed by atoms with van der Waals surface area (Å²) in [5, 5.41) is 28.3. The number of anilines is 1. The highest BCUT2D eigenvalue weighted by Crippen LogP contribution is 2.59. The van der Waals surface area contributed by atoms with Crippen molar-refractivity contribution < 1.29 is 34.1 Å². The number of fused-ring (bicyclic) bond motifs is 6. The van der Waals surface area contributed by atoms with Crippen molar-refractivity contribution in [2.24, 2.45) is 22.7 Å². The van der Waals surface area contributed by atoms with Gasteiger partial charge >= 0.3 is 6.09 Å². The van der Waals surface area contributed by atoms with Crippen LogP contribution in [0.15, 0.2) is 36.4 Å². The van der Waals surface area contributed by atoms with Crippen LogP contribution in [0.25, 0.3) is 0 Å². The van der Waals surface area contributed by atoms with Gasteiger partial charge in [-0.15, -0.1) is 0 Å². The van der Waals surface area contributed by atoms with Crippen LogP contribution in [-0.2, 0) is 42.8 Å². The van der Waals surface area contributed by atoms with Crippen molar-refractivity contribution in [1.82, 2.24) is 10.6 Å². The predicted octanol–water partition coefficient (Wildman–Crippen LogP) is 5.80. The van der Waals surface area contributed by atoms with E-state index >= 15 is 0 Å². The first-order valence-corrected chi connectivity index (χ1v) is 18.4. The number of carbonyl (C=O) groups excluding carboxylic acids is 4. The zero-order valence-electron chi connectivity index (χ0n) is 30.1. The van der Waals surface area contributed by atoms with Crippen LogP contribution < -0.4 is 16.0 Å². The molecular weight excluding hydrogens is 634 g/mol. The molecule has 0 aliphatic heterocycles. The Bertz CT molecular complexity index is 1690. The molecular formula is C40H53N3O7. The number of hydrogen-bond acceptors (Lipinski definition) is 7. The minimum Gasteiger partial charge on any atom is -0.508 e. The summed E-state index contributed by atoms with van der Waals surface area (Å²) in [5.41, 5.74) is 3.03. The average molecular weight is 688 g/mol. The van der Waals surface area contributed by atoms with E-state index < -0.39 is 35.5 Å². The second-order valence-electron chi connectivity index (χ2n) is 16.1. The van der Waals surface area contributed by atoms with E-state index in [1.54, 1.807) is 13.0 Å². The van der Waals surface area contributed by atoms with E-state index in [0.29, 0.717) is 18.5 Å². The molecule has 2 aromatic carbocycles. The maximum Gasteiger partial charge on any atom is 0.407 e. The van der Waals surface area contributed by atoms with Crippen LogP contribution in [0.3, 0.4) is 0 Å². The number of phenolic OH excluding ortho intramolecular Hbond substituents is 1. The summed E-state index contributed by atoms with van der Waals surface area (Å²) in [7, 11) is 0. The van der Waals surface area contributed by atoms with Crippen molar-refractivity contribution in [2.75, 3.05) is 18.5 Å². The zero-order chi connectivity index (χ0) is 36.1. The highest BCUT2D eigenvalue weighted by Gasteiger charge is 2.58. The summed E-state index contributed by atoms with van der Waals surface area (Å²) in [6, 6.07) is 10.3. The standard InChI is InChI=1S/C40H53N3O7/c1-6-50-36(49)42-30(23-44)33(46)41-26-13-9-24-11-15-31-37(2,28(24)21-26)17-7-19-39(31,4)34(47)43-35(48)40(5)20-8-18-38(3)29-22-27(45)14-10-25(29)12-16-32(38)40/h9-10,13-14,21-22,30-32,44-45H,6-8,11-12,15-20,23H2,1-5H3,(H,41,46)(H,42,49)(H,43,47,48)/t30?,31-,32-,37-,38-,39+,40+/m1/s1. The van der Waals surface area contributed by atoms with E-state index in [9.17, 15) is 29.4 Å². The van der Waals surface area contributed by atoms with Gasteiger partial charge in [-0.2, -0.15) is 0 Å². The molecule has 10 nitrogen and oxygen atoms in total. The monoisotopic (exact) mass is 687 g/mol. The molecule has 4 amide bonds. The molecule has 10 heteroatoms. The number of nitrogens with one attached hydrogen (secondary N) is 3. The Balaban J connectivity index is 1.21. The third kappa shape index (κ3) is 5.97. The van der Waals surface area contributed by atoms with E-state index in [1.165, 1.54) is 11.1 Å². The minimum atomic E-state index is -1.17. The van der Waals surface area contributed by atoms with Crippen molar-refractivity contribution in [3.8, 4) is 5.75 Å². The number of benzene rings is 2. The molecule has 0 bridgehead atoms. The fraction of sp³-hybridized carbons (Fsp3) is 0.600. The van der Waals surface area contributed by atoms with E-state index in [-0.39, 0.29) is 46.8 Å². The first-order valence-electron chi connectivity index (χ1n) is 18.4. The first kappa shape index (κ1) is 35.9. The lowest BCUT2D eigenvalue weighted by atomic mass is 9.49. The molecule has 0 spiro atoms. The number of aromatic hydroxyl groups is 1. The number of aliphatic hydroxyl groups excluding tert-OH is 1. The van der Waals surface area contributed by atoms with Crippen molar-refractivity contribution in [3.63, 3.8) is 0 Å². The fourth-order valence-corrected chi connectivity index (χ4v) is 10.7. The van der Waals surface area contributed by atoms with Gasteiger partial charge in [-0.1, -0.05) is 52.7 Å². The number of alkyl carbamates (subject to hydrolysis) is 1. The summed E-state index contributed by atoms with van der Waals surface area (Å²) >= 11 is 0. The number of carbonyl (C=O) groups is 4. The number of hydrogen-bond donors (Lipinski definition) is 5. The summed E-state index contributed by atoms with van der Waals surface area (Å²) in [6.07, 6.45) is 7.38. The van der Waals surface area contributed by atoms with Crippen LogP contribution >= 0.6 is 0 Å². The molecule has 0 heterocycles. The van der Waals surface area contributed by atoms with Gasteiger partial charge in [-0.3, -0.25) is 19.7 Å². The quantitative estimate of drug-likeness (QED) is 0.231. The SMILES string of the molecule is CCOC(=O)NC(CO)C(=O)Nc1ccc2c(c1)[C@@]1(C)CCC[C@](C)(C(=O)NC(=O)[C@@]3(C)CCC[C@]4(C)c5cc(O)ccc5CC[C@@H]34)[C@@H]1CC2. The van der Waals surface area contributed by atoms with Gasteiger partial charge in [0.25, 0.3) is 0 Å². The van der Waals surface area contributed by atoms with Gasteiger partial charge in [0.15, 0.2) is 0 Å². The number of amides is 4. The van der Waals surface area contributed by atoms with Gasteiger partial charge in [-0.25, -0.2) is 4.79 Å². The molecule has 0 saturated heterocycles. The molecule has 7 atom stereocenters. The molecule has 5 N–H and O–H groups in total. The Morgan fingerprint density at radius 3 is 1.90 bits per heavy atom. The van der Waals surface area contributed by atoms with Crippen molar-refractivity contribution in [3.05, 3.63) is 58.7 Å². The normalized spacial score (nSPS) is 31.8. The lowest BCUT2D eigenvalue weighted by Gasteiger charge is -2.56. The molecule has 1 unspecified atom stereocenters. The van der Waals surface area contributed by atoms with Crippen molar-refractivity contribution in [1.29, 1.82) is 0 Å². The third-order valence-corrected chi connectivity index (χ3v) is 13.3. The zero-order valence-corrected chi connectivity index (χ0v) is 30.1. The van der Waals surface area contributed by atoms with Crippen LogP contribution in [-0.4, -0.2) is 53.3 Å². The number of aliphatic hydroxyl groups is 1. The molecule has 2 aromatic rings. The Hall–Kier alpha value is -3.92. The van der Waals surface area contributed by atoms with Crippen LogP contribution in [0, 0.1) is 22.7 Å². The Labute approximate surface area is 295 Å². The van der Waals surface area contributed by atoms with Gasteiger partial charge < -0.3 is 25.6 Å². The van der Waals surface area contributed by atoms with Crippen LogP contribution in [0.2, 0.25) is 0 Å². The largest absolute Gasteiger partial charge is 0.508 e. The summed E-state index contributed by atoms with van der Waals surface area (Å²) in [4.78, 5) is 53.8. The lowest BCUT2D eigenvalue weighted by Crippen LogP contribution is -2.60. The topological polar surface area (TPSA) is 154 Å². The molecule has 2 fully saturated rings. The Morgan fingerprint density at radius 2 is 1.36 bits per heavy atom. The number of phenols is 1. The summed E-state index contributed by atoms with van der Waals surface area (Å²) < 4.78 is 4.87. The minimum absolute atomic E-state index is 0.0281. The molecule has 2 saturated carbocycles. The van der Waals surface area contributed by atoms with Crippen LogP contribution in [0.1, 0.15) is 108 Å². The molecule has 6 rings (SSSR count). The number of imide groups is 1. The van der Waals surface area contributed by atoms with E-state index in [2.05, 4.69) is 29.8 Å². The molecule has 0 radical (unpaired) electrons. The number of aryl methyl sites for hydroxylation is 2. The maximum absolute atomic E-state index is 14.5. The highest BCUT2D eigenvalue weighted by atomic mass is 16.5. The van der Waals surface area contributed by atoms with Crippen molar-refractivity contribution in [2.45, 2.75) is 116 Å². The lowest BCUT2D eigenvalue weighted by molar-refractivity contribution is -0.150. The number of ether oxygens (including phenoxy) is 1. The highest BCUT2D eigenvalue weighted by molar-refractivity contribution is 6.01. The van der Waals surface area contributed by atoms with E-state index in [4.69, 9.17) is 4.74 Å². The van der Waals surface area contributed by atoms with Gasteiger partial charge in [0, 0.05) is 5.69 Å². The third-order valence-electron chi connectivity index (χ3n) is 13.3. The van der Waals surface area contributed by atoms with Gasteiger partial charge in [-0.05, 0) is 127 Å². The summed E-state index contributed by atoms with van der Waals surface area (Å²) in [5.74, 6) is -0.691. The van der Waals surface area contributed by atoms with Crippen LogP contribution in [0.4, 0.5) is 10.5 Å². The average Bonchev–Trinajstić information content (AvgIpc) is 3.07. The van der Waals surface area contributed by atoms with E-state index in [1.807, 2.05) is 44.2 Å². The van der Waals surface area contributed by atoms with Crippen LogP contribution in [0.5, 0.6) is 5.75 Å².